The summed E-state index contributed by atoms with van der Waals surface area (Å²) in [5.74, 6) is 1.04. The first-order chi connectivity index (χ1) is 10.8. The van der Waals surface area contributed by atoms with E-state index in [9.17, 15) is 4.39 Å². The molecule has 3 rings (SSSR count). The topological polar surface area (TPSA) is 92.1 Å². The van der Waals surface area contributed by atoms with Gasteiger partial charge in [-0.25, -0.2) is 4.39 Å². The van der Waals surface area contributed by atoms with Gasteiger partial charge in [-0.3, -0.25) is 5.10 Å². The highest BCUT2D eigenvalue weighted by Crippen LogP contribution is 2.18. The molecule has 7 nitrogen and oxygen atoms in total. The van der Waals surface area contributed by atoms with E-state index in [1.54, 1.807) is 12.1 Å². The molecule has 1 fully saturated rings. The van der Waals surface area contributed by atoms with Gasteiger partial charge in [0.2, 0.25) is 5.95 Å². The van der Waals surface area contributed by atoms with Gasteiger partial charge >= 0.3 is 0 Å². The van der Waals surface area contributed by atoms with E-state index >= 15 is 0 Å². The van der Waals surface area contributed by atoms with Crippen LogP contribution < -0.4 is 16.0 Å². The molecule has 1 atom stereocenters. The van der Waals surface area contributed by atoms with Crippen LogP contribution in [-0.2, 0) is 4.74 Å². The van der Waals surface area contributed by atoms with Crippen molar-refractivity contribution >= 4 is 11.6 Å². The van der Waals surface area contributed by atoms with Gasteiger partial charge in [0.05, 0.1) is 19.3 Å². The van der Waals surface area contributed by atoms with Crippen molar-refractivity contribution in [3.05, 3.63) is 35.9 Å². The number of nitrogens with one attached hydrogen (secondary N) is 2. The minimum absolute atomic E-state index is 0.215. The van der Waals surface area contributed by atoms with E-state index in [1.165, 1.54) is 12.1 Å². The molecule has 1 aromatic heterocycles. The summed E-state index contributed by atoms with van der Waals surface area (Å²) in [5, 5.41) is 10.4. The fourth-order valence-corrected chi connectivity index (χ4v) is 2.31. The molecule has 8 heteroatoms. The second kappa shape index (κ2) is 6.71. The zero-order chi connectivity index (χ0) is 15.4. The van der Waals surface area contributed by atoms with Gasteiger partial charge in [-0.1, -0.05) is 0 Å². The van der Waals surface area contributed by atoms with Gasteiger partial charge in [-0.2, -0.15) is 4.98 Å². The van der Waals surface area contributed by atoms with Crippen LogP contribution in [0.25, 0.3) is 0 Å². The molecule has 1 unspecified atom stereocenters. The number of nitrogens with two attached hydrogens (primary N) is 1. The Balaban J connectivity index is 1.70. The van der Waals surface area contributed by atoms with Crippen molar-refractivity contribution in [1.82, 2.24) is 15.2 Å². The molecule has 0 bridgehead atoms. The lowest BCUT2D eigenvalue weighted by Crippen LogP contribution is -2.37. The van der Waals surface area contributed by atoms with Gasteiger partial charge in [0.25, 0.3) is 0 Å². The third-order valence-electron chi connectivity index (χ3n) is 3.54. The number of aromatic amines is 1. The summed E-state index contributed by atoms with van der Waals surface area (Å²) in [5.41, 5.74) is 6.59. The van der Waals surface area contributed by atoms with Gasteiger partial charge in [0.1, 0.15) is 11.6 Å². The number of hydrogen-bond donors (Lipinski definition) is 3. The quantitative estimate of drug-likeness (QED) is 0.760. The smallest absolute Gasteiger partial charge is 0.244 e. The zero-order valence-corrected chi connectivity index (χ0v) is 12.1. The van der Waals surface area contributed by atoms with Gasteiger partial charge in [0.15, 0.2) is 0 Å². The Morgan fingerprint density at radius 3 is 2.73 bits per heavy atom. The summed E-state index contributed by atoms with van der Waals surface area (Å²) in [6.45, 7) is 3.25. The Labute approximate surface area is 127 Å². The van der Waals surface area contributed by atoms with Crippen LogP contribution >= 0.6 is 0 Å². The minimum atomic E-state index is -0.274. The second-order valence-electron chi connectivity index (χ2n) is 5.06. The lowest BCUT2D eigenvalue weighted by molar-refractivity contribution is 0.122. The maximum Gasteiger partial charge on any atom is 0.244 e. The number of anilines is 2. The van der Waals surface area contributed by atoms with Gasteiger partial charge in [-0.05, 0) is 24.3 Å². The highest BCUT2D eigenvalue weighted by Gasteiger charge is 2.19. The average molecular weight is 306 g/mol. The van der Waals surface area contributed by atoms with E-state index in [0.717, 1.165) is 18.8 Å². The molecular formula is C14H19FN6O. The number of H-pyrrole nitrogens is 1. The molecular weight excluding hydrogens is 287 g/mol. The molecule has 1 saturated heterocycles. The van der Waals surface area contributed by atoms with Crippen LogP contribution in [0.5, 0.6) is 0 Å². The molecule has 0 radical (unpaired) electrons. The summed E-state index contributed by atoms with van der Waals surface area (Å²) in [6.07, 6.45) is 0. The number of rotatable bonds is 5. The second-order valence-corrected chi connectivity index (χ2v) is 5.06. The van der Waals surface area contributed by atoms with Crippen LogP contribution in [-0.4, -0.2) is 48.0 Å². The van der Waals surface area contributed by atoms with Crippen molar-refractivity contribution in [1.29, 1.82) is 0 Å². The van der Waals surface area contributed by atoms with E-state index < -0.39 is 0 Å². The Kier molecular flexibility index (Phi) is 4.50. The maximum atomic E-state index is 12.9. The van der Waals surface area contributed by atoms with E-state index in [2.05, 4.69) is 25.4 Å². The lowest BCUT2D eigenvalue weighted by atomic mass is 10.2. The van der Waals surface area contributed by atoms with Crippen LogP contribution in [0.15, 0.2) is 24.3 Å². The first kappa shape index (κ1) is 14.7. The Morgan fingerprint density at radius 1 is 1.32 bits per heavy atom. The van der Waals surface area contributed by atoms with E-state index in [-0.39, 0.29) is 11.9 Å². The first-order valence-electron chi connectivity index (χ1n) is 7.23. The number of aromatic nitrogens is 3. The van der Waals surface area contributed by atoms with Crippen molar-refractivity contribution in [3.63, 3.8) is 0 Å². The molecule has 1 aliphatic rings. The molecule has 1 aliphatic heterocycles. The van der Waals surface area contributed by atoms with Crippen molar-refractivity contribution in [2.75, 3.05) is 43.1 Å². The molecule has 0 amide bonds. The van der Waals surface area contributed by atoms with E-state index in [0.29, 0.717) is 31.5 Å². The summed E-state index contributed by atoms with van der Waals surface area (Å²) < 4.78 is 18.3. The average Bonchev–Trinajstić information content (AvgIpc) is 3.05. The molecule has 0 saturated carbocycles. The number of hydrogen-bond acceptors (Lipinski definition) is 6. The van der Waals surface area contributed by atoms with Gasteiger partial charge in [-0.15, -0.1) is 5.10 Å². The van der Waals surface area contributed by atoms with Crippen molar-refractivity contribution < 1.29 is 9.13 Å². The molecule has 118 valence electrons. The largest absolute Gasteiger partial charge is 0.378 e. The van der Waals surface area contributed by atoms with Crippen LogP contribution in [0, 0.1) is 5.82 Å². The SMILES string of the molecule is NCC(Nc1ccc(F)cc1)c1nc(N2CCOCC2)n[nH]1. The highest BCUT2D eigenvalue weighted by atomic mass is 19.1. The molecule has 1 aromatic carbocycles. The normalized spacial score (nSPS) is 16.5. The highest BCUT2D eigenvalue weighted by molar-refractivity contribution is 5.45. The van der Waals surface area contributed by atoms with Crippen LogP contribution in [0.3, 0.4) is 0 Å². The Morgan fingerprint density at radius 2 is 2.05 bits per heavy atom. The summed E-state index contributed by atoms with van der Waals surface area (Å²) in [7, 11) is 0. The van der Waals surface area contributed by atoms with Crippen molar-refractivity contribution in [2.45, 2.75) is 6.04 Å². The Bertz CT molecular complexity index is 596. The predicted molar refractivity (Wildman–Crippen MR) is 81.2 cm³/mol. The predicted octanol–water partition coefficient (Wildman–Crippen LogP) is 0.892. The summed E-state index contributed by atoms with van der Waals surface area (Å²) in [4.78, 5) is 6.57. The number of nitrogens with zero attached hydrogens (tertiary/aromatic N) is 3. The third-order valence-corrected chi connectivity index (χ3v) is 3.54. The monoisotopic (exact) mass is 306 g/mol. The number of ether oxygens (including phenoxy) is 1. The van der Waals surface area contributed by atoms with Crippen LogP contribution in [0.1, 0.15) is 11.9 Å². The number of morpholine rings is 1. The summed E-state index contributed by atoms with van der Waals surface area (Å²) in [6, 6.07) is 5.91. The lowest BCUT2D eigenvalue weighted by Gasteiger charge is -2.25. The fraction of sp³-hybridized carbons (Fsp3) is 0.429. The maximum absolute atomic E-state index is 12.9. The van der Waals surface area contributed by atoms with Gasteiger partial charge in [0, 0.05) is 25.3 Å². The molecule has 2 heterocycles. The molecule has 0 spiro atoms. The van der Waals surface area contributed by atoms with Gasteiger partial charge < -0.3 is 20.7 Å². The molecule has 22 heavy (non-hydrogen) atoms. The summed E-state index contributed by atoms with van der Waals surface area (Å²) >= 11 is 0. The standard InChI is InChI=1S/C14H19FN6O/c15-10-1-3-11(4-2-10)17-12(9-16)13-18-14(20-19-13)21-5-7-22-8-6-21/h1-4,12,17H,5-9,16H2,(H,18,19,20). The van der Waals surface area contributed by atoms with E-state index in [1.807, 2.05) is 0 Å². The Hall–Kier alpha value is -2.19. The third kappa shape index (κ3) is 3.34. The number of halogens is 1. The first-order valence-corrected chi connectivity index (χ1v) is 7.23. The minimum Gasteiger partial charge on any atom is -0.378 e. The van der Waals surface area contributed by atoms with Crippen LogP contribution in [0.4, 0.5) is 16.0 Å². The number of benzene rings is 1. The van der Waals surface area contributed by atoms with Crippen molar-refractivity contribution in [3.8, 4) is 0 Å². The molecule has 2 aromatic rings. The molecule has 4 N–H and O–H groups in total. The fourth-order valence-electron chi connectivity index (χ4n) is 2.31. The van der Waals surface area contributed by atoms with E-state index in [4.69, 9.17) is 10.5 Å². The van der Waals surface area contributed by atoms with Crippen LogP contribution in [0.2, 0.25) is 0 Å². The zero-order valence-electron chi connectivity index (χ0n) is 12.1. The van der Waals surface area contributed by atoms with Crippen molar-refractivity contribution in [2.24, 2.45) is 5.73 Å². The molecule has 0 aliphatic carbocycles.